The maximum Gasteiger partial charge on any atom is 0.573 e. The summed E-state index contributed by atoms with van der Waals surface area (Å²) < 4.78 is 87.6. The third-order valence-electron chi connectivity index (χ3n) is 4.81. The standard InChI is InChI=1S/C20H20F6N2O2.2ClH/c1-29-15-6-7-16(17(12-15)19(21,22)23)18(28-10-8-27-9-11-28)13-2-4-14(5-3-13)30-20(24,25)26;;/h2-7,12,18,27H,8-11H2,1H3;2*1H/t18-;;/m0../s1. The summed E-state index contributed by atoms with van der Waals surface area (Å²) in [6.45, 7) is 2.14. The summed E-state index contributed by atoms with van der Waals surface area (Å²) in [5, 5.41) is 3.14. The van der Waals surface area contributed by atoms with Crippen molar-refractivity contribution in [1.82, 2.24) is 10.2 Å². The quantitative estimate of drug-likeness (QED) is 0.546. The van der Waals surface area contributed by atoms with Crippen molar-refractivity contribution in [3.63, 3.8) is 0 Å². The molecule has 32 heavy (non-hydrogen) atoms. The van der Waals surface area contributed by atoms with Gasteiger partial charge < -0.3 is 14.8 Å². The highest BCUT2D eigenvalue weighted by atomic mass is 35.5. The Hall–Kier alpha value is -1.88. The minimum atomic E-state index is -4.85. The van der Waals surface area contributed by atoms with Gasteiger partial charge in [0, 0.05) is 26.2 Å². The van der Waals surface area contributed by atoms with Crippen LogP contribution in [0, 0.1) is 0 Å². The summed E-state index contributed by atoms with van der Waals surface area (Å²) in [7, 11) is 1.28. The Morgan fingerprint density at radius 3 is 1.94 bits per heavy atom. The van der Waals surface area contributed by atoms with E-state index in [1.807, 2.05) is 4.90 Å². The first-order valence-corrected chi connectivity index (χ1v) is 9.14. The number of nitrogens with zero attached hydrogens (tertiary/aromatic N) is 1. The summed E-state index contributed by atoms with van der Waals surface area (Å²) in [5.41, 5.74) is -0.405. The second kappa shape index (κ2) is 11.3. The van der Waals surface area contributed by atoms with Crippen LogP contribution in [0.2, 0.25) is 0 Å². The molecule has 0 bridgehead atoms. The molecule has 0 saturated carbocycles. The average Bonchev–Trinajstić information content (AvgIpc) is 2.68. The number of alkyl halides is 6. The first kappa shape index (κ1) is 28.2. The monoisotopic (exact) mass is 506 g/mol. The zero-order valence-corrected chi connectivity index (χ0v) is 18.4. The lowest BCUT2D eigenvalue weighted by Crippen LogP contribution is -2.45. The molecule has 3 rings (SSSR count). The maximum atomic E-state index is 13.8. The largest absolute Gasteiger partial charge is 0.573 e. The molecule has 1 atom stereocenters. The van der Waals surface area contributed by atoms with Crippen molar-refractivity contribution in [3.05, 3.63) is 59.2 Å². The van der Waals surface area contributed by atoms with Gasteiger partial charge in [-0.05, 0) is 35.4 Å². The minimum Gasteiger partial charge on any atom is -0.497 e. The van der Waals surface area contributed by atoms with Crippen LogP contribution in [0.4, 0.5) is 26.3 Å². The third kappa shape index (κ3) is 7.06. The van der Waals surface area contributed by atoms with Crippen LogP contribution in [0.3, 0.4) is 0 Å². The van der Waals surface area contributed by atoms with Crippen LogP contribution in [-0.4, -0.2) is 44.6 Å². The van der Waals surface area contributed by atoms with E-state index in [1.54, 1.807) is 0 Å². The second-order valence-corrected chi connectivity index (χ2v) is 6.76. The molecule has 12 heteroatoms. The average molecular weight is 507 g/mol. The molecule has 0 spiro atoms. The van der Waals surface area contributed by atoms with E-state index >= 15 is 0 Å². The van der Waals surface area contributed by atoms with E-state index in [4.69, 9.17) is 4.74 Å². The Kier molecular flexibility index (Phi) is 9.95. The minimum absolute atomic E-state index is 0. The highest BCUT2D eigenvalue weighted by Gasteiger charge is 2.38. The fourth-order valence-corrected chi connectivity index (χ4v) is 3.53. The summed E-state index contributed by atoms with van der Waals surface area (Å²) in [4.78, 5) is 1.87. The van der Waals surface area contributed by atoms with E-state index in [2.05, 4.69) is 10.1 Å². The summed E-state index contributed by atoms with van der Waals surface area (Å²) in [5.74, 6) is -0.366. The van der Waals surface area contributed by atoms with E-state index in [0.717, 1.165) is 18.2 Å². The summed E-state index contributed by atoms with van der Waals surface area (Å²) in [6.07, 6.45) is -9.48. The van der Waals surface area contributed by atoms with Crippen LogP contribution in [-0.2, 0) is 6.18 Å². The normalized spacial score (nSPS) is 15.8. The first-order chi connectivity index (χ1) is 14.1. The Bertz CT molecular complexity index is 857. The first-order valence-electron chi connectivity index (χ1n) is 9.14. The predicted octanol–water partition coefficient (Wildman–Crippen LogP) is 5.45. The van der Waals surface area contributed by atoms with Crippen LogP contribution in [0.5, 0.6) is 11.5 Å². The molecule has 1 N–H and O–H groups in total. The van der Waals surface area contributed by atoms with Crippen molar-refractivity contribution in [1.29, 1.82) is 0 Å². The molecule has 0 aromatic heterocycles. The number of hydrogen-bond donors (Lipinski definition) is 1. The molecule has 1 saturated heterocycles. The van der Waals surface area contributed by atoms with Gasteiger partial charge in [0.2, 0.25) is 0 Å². The van der Waals surface area contributed by atoms with Gasteiger partial charge in [-0.2, -0.15) is 13.2 Å². The molecule has 0 amide bonds. The van der Waals surface area contributed by atoms with Gasteiger partial charge in [0.05, 0.1) is 18.7 Å². The number of halogens is 8. The molecule has 0 unspecified atom stereocenters. The smallest absolute Gasteiger partial charge is 0.497 e. The van der Waals surface area contributed by atoms with Gasteiger partial charge >= 0.3 is 12.5 Å². The molecule has 1 aliphatic rings. The highest BCUT2D eigenvalue weighted by Crippen LogP contribution is 2.41. The predicted molar refractivity (Wildman–Crippen MR) is 112 cm³/mol. The molecule has 0 aliphatic carbocycles. The third-order valence-corrected chi connectivity index (χ3v) is 4.81. The lowest BCUT2D eigenvalue weighted by atomic mass is 9.92. The van der Waals surface area contributed by atoms with E-state index in [1.165, 1.54) is 31.4 Å². The number of piperazine rings is 1. The number of rotatable bonds is 5. The number of methoxy groups -OCH3 is 1. The number of hydrogen-bond acceptors (Lipinski definition) is 4. The van der Waals surface area contributed by atoms with Gasteiger partial charge in [0.25, 0.3) is 0 Å². The lowest BCUT2D eigenvalue weighted by molar-refractivity contribution is -0.274. The van der Waals surface area contributed by atoms with Gasteiger partial charge in [-0.1, -0.05) is 18.2 Å². The Morgan fingerprint density at radius 1 is 0.875 bits per heavy atom. The van der Waals surface area contributed by atoms with Crippen LogP contribution in [0.1, 0.15) is 22.7 Å². The lowest BCUT2D eigenvalue weighted by Gasteiger charge is -2.36. The van der Waals surface area contributed by atoms with E-state index in [-0.39, 0.29) is 36.1 Å². The number of benzene rings is 2. The topological polar surface area (TPSA) is 33.7 Å². The fourth-order valence-electron chi connectivity index (χ4n) is 3.53. The highest BCUT2D eigenvalue weighted by molar-refractivity contribution is 5.85. The van der Waals surface area contributed by atoms with Crippen molar-refractivity contribution >= 4 is 24.8 Å². The van der Waals surface area contributed by atoms with Gasteiger partial charge in [-0.15, -0.1) is 38.0 Å². The Balaban J connectivity index is 0.00000256. The van der Waals surface area contributed by atoms with Crippen LogP contribution < -0.4 is 14.8 Å². The van der Waals surface area contributed by atoms with Crippen molar-refractivity contribution in [2.75, 3.05) is 33.3 Å². The molecule has 2 aromatic carbocycles. The number of nitrogens with one attached hydrogen (secondary N) is 1. The molecular formula is C20H22Cl2F6N2O2. The molecule has 0 radical (unpaired) electrons. The van der Waals surface area contributed by atoms with Crippen molar-refractivity contribution in [3.8, 4) is 11.5 Å². The van der Waals surface area contributed by atoms with E-state index in [0.29, 0.717) is 31.7 Å². The van der Waals surface area contributed by atoms with Gasteiger partial charge in [-0.25, -0.2) is 0 Å². The van der Waals surface area contributed by atoms with Crippen LogP contribution in [0.15, 0.2) is 42.5 Å². The van der Waals surface area contributed by atoms with E-state index < -0.39 is 29.9 Å². The molecule has 1 fully saturated rings. The van der Waals surface area contributed by atoms with Crippen LogP contribution in [0.25, 0.3) is 0 Å². The molecular weight excluding hydrogens is 485 g/mol. The Labute approximate surface area is 193 Å². The van der Waals surface area contributed by atoms with Gasteiger partial charge in [-0.3, -0.25) is 4.90 Å². The summed E-state index contributed by atoms with van der Waals surface area (Å²) >= 11 is 0. The van der Waals surface area contributed by atoms with Crippen molar-refractivity contribution < 1.29 is 35.8 Å². The molecule has 1 heterocycles. The number of ether oxygens (including phenoxy) is 2. The SMILES string of the molecule is COc1ccc([C@H](c2ccc(OC(F)(F)F)cc2)N2CCNCC2)c(C(F)(F)F)c1.Cl.Cl. The second-order valence-electron chi connectivity index (χ2n) is 6.76. The van der Waals surface area contributed by atoms with E-state index in [9.17, 15) is 26.3 Å². The molecule has 1 aliphatic heterocycles. The zero-order chi connectivity index (χ0) is 21.9. The Morgan fingerprint density at radius 2 is 1.44 bits per heavy atom. The molecule has 2 aromatic rings. The van der Waals surface area contributed by atoms with Crippen molar-refractivity contribution in [2.45, 2.75) is 18.6 Å². The van der Waals surface area contributed by atoms with Crippen molar-refractivity contribution in [2.24, 2.45) is 0 Å². The van der Waals surface area contributed by atoms with Gasteiger partial charge in [0.1, 0.15) is 11.5 Å². The molecule has 180 valence electrons. The molecule has 4 nitrogen and oxygen atoms in total. The zero-order valence-electron chi connectivity index (χ0n) is 16.8. The van der Waals surface area contributed by atoms with Crippen LogP contribution >= 0.6 is 24.8 Å². The van der Waals surface area contributed by atoms with Gasteiger partial charge in [0.15, 0.2) is 0 Å². The maximum absolute atomic E-state index is 13.8. The summed E-state index contributed by atoms with van der Waals surface area (Å²) in [6, 6.07) is 7.87. The fraction of sp³-hybridized carbons (Fsp3) is 0.400.